The molecule has 0 radical (unpaired) electrons. The van der Waals surface area contributed by atoms with E-state index in [0.29, 0.717) is 5.56 Å². The molecule has 0 aliphatic heterocycles. The van der Waals surface area contributed by atoms with E-state index in [-0.39, 0.29) is 0 Å². The first kappa shape index (κ1) is 9.25. The number of nitrogens with zero attached hydrogens (tertiary/aromatic N) is 1. The van der Waals surface area contributed by atoms with Crippen LogP contribution < -0.4 is 0 Å². The van der Waals surface area contributed by atoms with Crippen LogP contribution >= 0.6 is 0 Å². The van der Waals surface area contributed by atoms with Gasteiger partial charge in [0.25, 0.3) is 0 Å². The summed E-state index contributed by atoms with van der Waals surface area (Å²) in [5.74, 6) is -1.20. The molecule has 0 bridgehead atoms. The largest absolute Gasteiger partial charge is 0.502 e. The molecule has 13 heavy (non-hydrogen) atoms. The Bertz CT molecular complexity index is 319. The molecule has 0 aromatic carbocycles. The molecule has 4 heteroatoms. The maximum absolute atomic E-state index is 10.8. The summed E-state index contributed by atoms with van der Waals surface area (Å²) in [6.07, 6.45) is 4.42. The van der Waals surface area contributed by atoms with E-state index < -0.39 is 11.7 Å². The second-order valence-electron chi connectivity index (χ2n) is 2.31. The number of aromatic nitrogens is 1. The molecule has 1 heterocycles. The van der Waals surface area contributed by atoms with E-state index >= 15 is 0 Å². The Balaban J connectivity index is 2.83. The molecule has 1 rings (SSSR count). The van der Waals surface area contributed by atoms with Gasteiger partial charge in [0, 0.05) is 12.4 Å². The van der Waals surface area contributed by atoms with Gasteiger partial charge in [-0.1, -0.05) is 6.07 Å². The van der Waals surface area contributed by atoms with Gasteiger partial charge in [-0.2, -0.15) is 0 Å². The number of rotatable bonds is 2. The summed E-state index contributed by atoms with van der Waals surface area (Å²) in [6, 6.07) is 3.42. The number of esters is 1. The molecule has 1 N–H and O–H groups in total. The second kappa shape index (κ2) is 4.25. The van der Waals surface area contributed by atoms with Crippen molar-refractivity contribution in [3.05, 3.63) is 35.8 Å². The van der Waals surface area contributed by atoms with Crippen LogP contribution in [0.4, 0.5) is 0 Å². The zero-order chi connectivity index (χ0) is 9.68. The van der Waals surface area contributed by atoms with E-state index in [9.17, 15) is 4.79 Å². The summed E-state index contributed by atoms with van der Waals surface area (Å²) < 4.78 is 4.31. The molecule has 0 saturated heterocycles. The zero-order valence-electron chi connectivity index (χ0n) is 7.10. The van der Waals surface area contributed by atoms with Crippen LogP contribution in [0, 0.1) is 0 Å². The molecule has 68 valence electrons. The van der Waals surface area contributed by atoms with Gasteiger partial charge >= 0.3 is 5.97 Å². The molecular weight excluding hydrogens is 170 g/mol. The van der Waals surface area contributed by atoms with E-state index in [4.69, 9.17) is 5.11 Å². The normalized spacial score (nSPS) is 11.0. The molecule has 0 aliphatic carbocycles. The number of aliphatic hydroxyl groups is 1. The number of ether oxygens (including phenoxy) is 1. The minimum Gasteiger partial charge on any atom is -0.502 e. The van der Waals surface area contributed by atoms with Crippen molar-refractivity contribution in [3.63, 3.8) is 0 Å². The van der Waals surface area contributed by atoms with E-state index in [0.717, 1.165) is 0 Å². The zero-order valence-corrected chi connectivity index (χ0v) is 7.10. The molecular formula is C9H9NO3. The summed E-state index contributed by atoms with van der Waals surface area (Å²) in [6.45, 7) is 0. The van der Waals surface area contributed by atoms with Crippen LogP contribution in [-0.4, -0.2) is 23.2 Å². The third-order valence-corrected chi connectivity index (χ3v) is 1.38. The average molecular weight is 179 g/mol. The van der Waals surface area contributed by atoms with Crippen molar-refractivity contribution in [1.29, 1.82) is 0 Å². The predicted octanol–water partition coefficient (Wildman–Crippen LogP) is 1.15. The third-order valence-electron chi connectivity index (χ3n) is 1.38. The SMILES string of the molecule is COC(=O)/C(O)=C/c1cccnc1. The van der Waals surface area contributed by atoms with Gasteiger partial charge in [-0.3, -0.25) is 4.98 Å². The standard InChI is InChI=1S/C9H9NO3/c1-13-9(12)8(11)5-7-3-2-4-10-6-7/h2-6,11H,1H3/b8-5-. The lowest BCUT2D eigenvalue weighted by molar-refractivity contribution is -0.138. The van der Waals surface area contributed by atoms with Crippen LogP contribution in [0.1, 0.15) is 5.56 Å². The predicted molar refractivity (Wildman–Crippen MR) is 46.9 cm³/mol. The molecule has 0 atom stereocenters. The fraction of sp³-hybridized carbons (Fsp3) is 0.111. The Hall–Kier alpha value is -1.84. The molecule has 1 aromatic rings. The lowest BCUT2D eigenvalue weighted by Gasteiger charge is -1.96. The van der Waals surface area contributed by atoms with Crippen molar-refractivity contribution in [2.75, 3.05) is 7.11 Å². The Labute approximate surface area is 75.5 Å². The van der Waals surface area contributed by atoms with Gasteiger partial charge < -0.3 is 9.84 Å². The first-order valence-electron chi connectivity index (χ1n) is 3.63. The van der Waals surface area contributed by atoms with Gasteiger partial charge in [0.1, 0.15) is 0 Å². The minimum atomic E-state index is -0.760. The summed E-state index contributed by atoms with van der Waals surface area (Å²) in [4.78, 5) is 14.6. The molecule has 0 spiro atoms. The summed E-state index contributed by atoms with van der Waals surface area (Å²) in [5.41, 5.74) is 0.644. The Kier molecular flexibility index (Phi) is 3.03. The number of aliphatic hydroxyl groups excluding tert-OH is 1. The smallest absolute Gasteiger partial charge is 0.373 e. The van der Waals surface area contributed by atoms with E-state index in [1.165, 1.54) is 19.4 Å². The monoisotopic (exact) mass is 179 g/mol. The van der Waals surface area contributed by atoms with Crippen molar-refractivity contribution in [2.45, 2.75) is 0 Å². The number of carbonyl (C=O) groups excluding carboxylic acids is 1. The van der Waals surface area contributed by atoms with Gasteiger partial charge in [-0.15, -0.1) is 0 Å². The van der Waals surface area contributed by atoms with Crippen LogP contribution in [0.25, 0.3) is 6.08 Å². The quantitative estimate of drug-likeness (QED) is 0.420. The Morgan fingerprint density at radius 2 is 2.46 bits per heavy atom. The highest BCUT2D eigenvalue weighted by molar-refractivity contribution is 5.90. The number of carbonyl (C=O) groups is 1. The van der Waals surface area contributed by atoms with E-state index in [2.05, 4.69) is 9.72 Å². The summed E-state index contributed by atoms with van der Waals surface area (Å²) in [5, 5.41) is 9.13. The highest BCUT2D eigenvalue weighted by Crippen LogP contribution is 2.03. The average Bonchev–Trinajstić information content (AvgIpc) is 2.18. The van der Waals surface area contributed by atoms with Crippen molar-refractivity contribution in [3.8, 4) is 0 Å². The molecule has 0 saturated carbocycles. The number of methoxy groups -OCH3 is 1. The fourth-order valence-corrected chi connectivity index (χ4v) is 0.783. The van der Waals surface area contributed by atoms with E-state index in [1.807, 2.05) is 0 Å². The van der Waals surface area contributed by atoms with Crippen LogP contribution in [0.15, 0.2) is 30.3 Å². The number of pyridine rings is 1. The molecule has 0 aliphatic rings. The van der Waals surface area contributed by atoms with Gasteiger partial charge in [-0.05, 0) is 17.7 Å². The van der Waals surface area contributed by atoms with Crippen LogP contribution in [0.5, 0.6) is 0 Å². The van der Waals surface area contributed by atoms with Gasteiger partial charge in [0.2, 0.25) is 5.76 Å². The summed E-state index contributed by atoms with van der Waals surface area (Å²) in [7, 11) is 1.20. The topological polar surface area (TPSA) is 59.4 Å². The fourth-order valence-electron chi connectivity index (χ4n) is 0.783. The van der Waals surface area contributed by atoms with Crippen LogP contribution in [0.2, 0.25) is 0 Å². The van der Waals surface area contributed by atoms with E-state index in [1.54, 1.807) is 18.3 Å². The summed E-state index contributed by atoms with van der Waals surface area (Å²) >= 11 is 0. The van der Waals surface area contributed by atoms with Crippen LogP contribution in [0.3, 0.4) is 0 Å². The van der Waals surface area contributed by atoms with Crippen molar-refractivity contribution in [2.24, 2.45) is 0 Å². The molecule has 0 fully saturated rings. The molecule has 1 aromatic heterocycles. The first-order chi connectivity index (χ1) is 6.24. The van der Waals surface area contributed by atoms with Crippen molar-refractivity contribution in [1.82, 2.24) is 4.98 Å². The lowest BCUT2D eigenvalue weighted by atomic mass is 10.2. The van der Waals surface area contributed by atoms with Crippen molar-refractivity contribution >= 4 is 12.0 Å². The third kappa shape index (κ3) is 2.59. The number of hydrogen-bond donors (Lipinski definition) is 1. The maximum atomic E-state index is 10.8. The van der Waals surface area contributed by atoms with Gasteiger partial charge in [0.15, 0.2) is 0 Å². The Morgan fingerprint density at radius 3 is 3.00 bits per heavy atom. The molecule has 4 nitrogen and oxygen atoms in total. The van der Waals surface area contributed by atoms with Crippen LogP contribution in [-0.2, 0) is 9.53 Å². The highest BCUT2D eigenvalue weighted by atomic mass is 16.5. The van der Waals surface area contributed by atoms with Crippen molar-refractivity contribution < 1.29 is 14.6 Å². The first-order valence-corrected chi connectivity index (χ1v) is 3.63. The van der Waals surface area contributed by atoms with Gasteiger partial charge in [0.05, 0.1) is 7.11 Å². The highest BCUT2D eigenvalue weighted by Gasteiger charge is 2.05. The maximum Gasteiger partial charge on any atom is 0.373 e. The number of hydrogen-bond acceptors (Lipinski definition) is 4. The minimum absolute atomic E-state index is 0.435. The second-order valence-corrected chi connectivity index (χ2v) is 2.31. The lowest BCUT2D eigenvalue weighted by Crippen LogP contribution is -2.03. The molecule has 0 unspecified atom stereocenters. The Morgan fingerprint density at radius 1 is 1.69 bits per heavy atom. The molecule has 0 amide bonds. The van der Waals surface area contributed by atoms with Gasteiger partial charge in [-0.25, -0.2) is 4.79 Å².